The Morgan fingerprint density at radius 1 is 1.28 bits per heavy atom. The van der Waals surface area contributed by atoms with Crippen LogP contribution < -0.4 is 4.90 Å². The van der Waals surface area contributed by atoms with Crippen LogP contribution >= 0.6 is 39.0 Å². The normalized spacial score (nSPS) is 11.2. The van der Waals surface area contributed by atoms with E-state index in [-0.39, 0.29) is 9.91 Å². The van der Waals surface area contributed by atoms with Crippen LogP contribution in [0.5, 0.6) is 0 Å². The number of halogens is 1. The Hall–Kier alpha value is -1.64. The largest absolute Gasteiger partial charge is 0.480 e. The van der Waals surface area contributed by atoms with E-state index < -0.39 is 10.7 Å². The topological polar surface area (TPSA) is 88.2 Å². The minimum atomic E-state index is -1.16. The van der Waals surface area contributed by atoms with Crippen LogP contribution in [0.3, 0.4) is 0 Å². The van der Waals surface area contributed by atoms with E-state index in [0.29, 0.717) is 5.00 Å². The van der Waals surface area contributed by atoms with Crippen molar-refractivity contribution < 1.29 is 9.90 Å². The average molecular weight is 440 g/mol. The predicted molar refractivity (Wildman–Crippen MR) is 111 cm³/mol. The van der Waals surface area contributed by atoms with Gasteiger partial charge in [-0.15, -0.1) is 11.3 Å². The Morgan fingerprint density at radius 2 is 1.88 bits per heavy atom. The van der Waals surface area contributed by atoms with Crippen molar-refractivity contribution in [2.45, 2.75) is 25.5 Å². The number of thiophene rings is 1. The highest BCUT2D eigenvalue weighted by Gasteiger charge is 2.33. The van der Waals surface area contributed by atoms with Gasteiger partial charge in [0.2, 0.25) is 0 Å². The van der Waals surface area contributed by atoms with Crippen molar-refractivity contribution in [2.75, 3.05) is 4.90 Å². The molecule has 0 spiro atoms. The molecular weight excluding hydrogens is 422 g/mol. The van der Waals surface area contributed by atoms with Gasteiger partial charge in [-0.3, -0.25) is 20.5 Å². The number of benzene rings is 1. The van der Waals surface area contributed by atoms with Crippen molar-refractivity contribution in [1.82, 2.24) is 0 Å². The molecule has 0 amide bonds. The molecule has 0 saturated heterocycles. The smallest absolute Gasteiger partial charge is 0.319 e. The molecule has 5 nitrogen and oxygen atoms in total. The van der Waals surface area contributed by atoms with Gasteiger partial charge in [-0.2, -0.15) is 0 Å². The van der Waals surface area contributed by atoms with Crippen molar-refractivity contribution >= 4 is 59.9 Å². The third kappa shape index (κ3) is 4.50. The van der Waals surface area contributed by atoms with Gasteiger partial charge in [0.15, 0.2) is 9.91 Å². The summed E-state index contributed by atoms with van der Waals surface area (Å²) in [4.78, 5) is 13.8. The van der Waals surface area contributed by atoms with Crippen LogP contribution in [0, 0.1) is 17.7 Å². The van der Waals surface area contributed by atoms with Gasteiger partial charge in [0.25, 0.3) is 0 Å². The van der Waals surface area contributed by atoms with Crippen LogP contribution in [-0.2, 0) is 4.79 Å². The van der Waals surface area contributed by atoms with Crippen molar-refractivity contribution in [1.29, 1.82) is 10.8 Å². The number of rotatable bonds is 4. The van der Waals surface area contributed by atoms with Gasteiger partial charge in [0.1, 0.15) is 9.75 Å². The van der Waals surface area contributed by atoms with Gasteiger partial charge in [0, 0.05) is 4.88 Å². The first kappa shape index (κ1) is 19.7. The number of hydrogen-bond acceptors (Lipinski definition) is 5. The molecule has 0 bridgehead atoms. The first-order valence-corrected chi connectivity index (χ1v) is 9.77. The van der Waals surface area contributed by atoms with Crippen LogP contribution in [0.25, 0.3) is 10.4 Å². The number of carboxylic acid groups (broad SMARTS) is 1. The molecular formula is C17H18BrN3O2S2. The highest BCUT2D eigenvalue weighted by molar-refractivity contribution is 9.18. The Bertz CT molecular complexity index is 819. The molecule has 0 aliphatic rings. The van der Waals surface area contributed by atoms with E-state index >= 15 is 0 Å². The zero-order valence-corrected chi connectivity index (χ0v) is 17.2. The van der Waals surface area contributed by atoms with E-state index in [9.17, 15) is 9.90 Å². The van der Waals surface area contributed by atoms with Crippen LogP contribution in [-0.4, -0.2) is 25.7 Å². The second-order valence-electron chi connectivity index (χ2n) is 5.81. The van der Waals surface area contributed by atoms with Crippen molar-refractivity contribution in [2.24, 2.45) is 0 Å². The second-order valence-corrected chi connectivity index (χ2v) is 9.20. The maximum atomic E-state index is 11.3. The molecule has 2 aromatic rings. The monoisotopic (exact) mass is 439 g/mol. The van der Waals surface area contributed by atoms with Gasteiger partial charge < -0.3 is 5.11 Å². The van der Waals surface area contributed by atoms with Crippen LogP contribution in [0.2, 0.25) is 0 Å². The highest BCUT2D eigenvalue weighted by Crippen LogP contribution is 2.39. The number of thioether (sulfide) groups is 1. The summed E-state index contributed by atoms with van der Waals surface area (Å²) >= 11 is 5.49. The minimum absolute atomic E-state index is 0.00736. The van der Waals surface area contributed by atoms with E-state index in [1.54, 1.807) is 13.8 Å². The summed E-state index contributed by atoms with van der Waals surface area (Å²) < 4.78 is -1.17. The van der Waals surface area contributed by atoms with Gasteiger partial charge >= 0.3 is 5.97 Å². The van der Waals surface area contributed by atoms with Crippen LogP contribution in [0.4, 0.5) is 5.00 Å². The molecule has 1 heterocycles. The van der Waals surface area contributed by atoms with Crippen molar-refractivity contribution in [3.05, 3.63) is 42.0 Å². The molecule has 25 heavy (non-hydrogen) atoms. The predicted octanol–water partition coefficient (Wildman–Crippen LogP) is 5.39. The number of amidine groups is 2. The molecule has 0 unspecified atom stereocenters. The first-order chi connectivity index (χ1) is 11.6. The van der Waals surface area contributed by atoms with Gasteiger partial charge in [0.05, 0.1) is 0 Å². The molecule has 2 rings (SSSR count). The Morgan fingerprint density at radius 3 is 2.40 bits per heavy atom. The second kappa shape index (κ2) is 7.72. The summed E-state index contributed by atoms with van der Waals surface area (Å²) in [5.41, 5.74) is 2.11. The van der Waals surface area contributed by atoms with Gasteiger partial charge in [-0.25, -0.2) is 0 Å². The number of carboxylic acids is 1. The lowest BCUT2D eigenvalue weighted by atomic mass is 10.1. The van der Waals surface area contributed by atoms with E-state index in [0.717, 1.165) is 27.8 Å². The SMILES string of the molecule is Cc1cc(N(C(=N)Br)C(=N)SC(C)(C)C(=O)O)sc1-c1ccccc1. The van der Waals surface area contributed by atoms with E-state index in [4.69, 9.17) is 10.8 Å². The summed E-state index contributed by atoms with van der Waals surface area (Å²) in [7, 11) is 0. The zero-order chi connectivity index (χ0) is 18.8. The summed E-state index contributed by atoms with van der Waals surface area (Å²) in [5, 5.41) is 26.2. The summed E-state index contributed by atoms with van der Waals surface area (Å²) in [6.07, 6.45) is 0. The van der Waals surface area contributed by atoms with E-state index in [1.165, 1.54) is 16.2 Å². The molecule has 3 N–H and O–H groups in total. The van der Waals surface area contributed by atoms with Gasteiger partial charge in [-0.1, -0.05) is 42.1 Å². The molecule has 1 aromatic carbocycles. The molecule has 0 aliphatic heterocycles. The summed E-state index contributed by atoms with van der Waals surface area (Å²) in [6.45, 7) is 5.07. The average Bonchev–Trinajstić information content (AvgIpc) is 2.88. The molecule has 0 fully saturated rings. The zero-order valence-electron chi connectivity index (χ0n) is 14.0. The number of anilines is 1. The number of aliphatic carboxylic acids is 1. The third-order valence-corrected chi connectivity index (χ3v) is 6.11. The Balaban J connectivity index is 2.37. The Kier molecular flexibility index (Phi) is 6.08. The lowest BCUT2D eigenvalue weighted by molar-refractivity contribution is -0.138. The molecule has 1 aromatic heterocycles. The van der Waals surface area contributed by atoms with E-state index in [2.05, 4.69) is 15.9 Å². The summed E-state index contributed by atoms with van der Waals surface area (Å²) in [6, 6.07) is 11.8. The third-order valence-electron chi connectivity index (χ3n) is 3.43. The number of aryl methyl sites for hydroxylation is 1. The van der Waals surface area contributed by atoms with Crippen LogP contribution in [0.15, 0.2) is 36.4 Å². The molecule has 8 heteroatoms. The van der Waals surface area contributed by atoms with Gasteiger partial charge in [-0.05, 0) is 53.9 Å². The maximum Gasteiger partial charge on any atom is 0.319 e. The number of hydrogen-bond donors (Lipinski definition) is 3. The van der Waals surface area contributed by atoms with Crippen molar-refractivity contribution in [3.8, 4) is 10.4 Å². The fourth-order valence-corrected chi connectivity index (χ4v) is 4.77. The maximum absolute atomic E-state index is 11.3. The molecule has 0 aliphatic carbocycles. The minimum Gasteiger partial charge on any atom is -0.480 e. The standard InChI is InChI=1S/C17H18BrN3O2S2/c1-10-9-12(24-13(10)11-7-5-4-6-8-11)21(15(18)19)16(20)25-17(2,3)14(22)23/h4-9,19-20H,1-3H3,(H,22,23). The number of nitrogens with zero attached hydrogens (tertiary/aromatic N) is 1. The quantitative estimate of drug-likeness (QED) is 0.338. The van der Waals surface area contributed by atoms with Crippen molar-refractivity contribution in [3.63, 3.8) is 0 Å². The first-order valence-electron chi connectivity index (χ1n) is 7.34. The van der Waals surface area contributed by atoms with Crippen LogP contribution in [0.1, 0.15) is 19.4 Å². The molecule has 0 radical (unpaired) electrons. The Labute approximate surface area is 163 Å². The fraction of sp³-hybridized carbons (Fsp3) is 0.235. The summed E-state index contributed by atoms with van der Waals surface area (Å²) in [5.74, 6) is -1.00. The lowest BCUT2D eigenvalue weighted by Gasteiger charge is -2.25. The lowest BCUT2D eigenvalue weighted by Crippen LogP contribution is -2.36. The number of nitrogens with one attached hydrogen (secondary N) is 2. The highest BCUT2D eigenvalue weighted by atomic mass is 79.9. The fourth-order valence-electron chi connectivity index (χ4n) is 2.07. The number of carbonyl (C=O) groups is 1. The molecule has 0 atom stereocenters. The molecule has 132 valence electrons. The molecule has 0 saturated carbocycles. The van der Waals surface area contributed by atoms with E-state index in [1.807, 2.05) is 43.3 Å².